The van der Waals surface area contributed by atoms with E-state index < -0.39 is 38.2 Å². The Hall–Kier alpha value is -4.43. The Morgan fingerprint density at radius 2 is 1.80 bits per heavy atom. The SMILES string of the molecule is CCCCc1nc(O)c(S(=O)(=O)c2ccc(-c3ccnc(F)c3C)cc2)c(=O)n1[C@@H](CC)c1ccnc(C#N)c1. The van der Waals surface area contributed by atoms with Crippen molar-refractivity contribution in [2.24, 2.45) is 0 Å². The third-order valence-electron chi connectivity index (χ3n) is 6.75. The van der Waals surface area contributed by atoms with Crippen LogP contribution in [0.1, 0.15) is 61.8 Å². The summed E-state index contributed by atoms with van der Waals surface area (Å²) in [5.74, 6) is -1.25. The molecule has 0 radical (unpaired) electrons. The number of nitriles is 1. The zero-order chi connectivity index (χ0) is 29.0. The molecule has 4 rings (SSSR count). The van der Waals surface area contributed by atoms with Crippen molar-refractivity contribution in [3.8, 4) is 23.1 Å². The molecular formula is C29H28FN5O4S. The fourth-order valence-corrected chi connectivity index (χ4v) is 6.00. The number of rotatable bonds is 9. The Labute approximate surface area is 231 Å². The number of aromatic hydroxyl groups is 1. The first-order chi connectivity index (χ1) is 19.1. The van der Waals surface area contributed by atoms with Crippen LogP contribution in [0, 0.1) is 24.2 Å². The second-order valence-electron chi connectivity index (χ2n) is 9.27. The van der Waals surface area contributed by atoms with Crippen molar-refractivity contribution in [2.75, 3.05) is 0 Å². The molecule has 0 amide bonds. The molecule has 0 saturated carbocycles. The molecule has 0 aliphatic rings. The number of nitrogens with zero attached hydrogens (tertiary/aromatic N) is 5. The summed E-state index contributed by atoms with van der Waals surface area (Å²) in [6.45, 7) is 5.37. The van der Waals surface area contributed by atoms with E-state index in [4.69, 9.17) is 0 Å². The van der Waals surface area contributed by atoms with Crippen LogP contribution in [0.4, 0.5) is 4.39 Å². The molecule has 0 aliphatic heterocycles. The number of hydrogen-bond acceptors (Lipinski definition) is 8. The van der Waals surface area contributed by atoms with E-state index in [1.165, 1.54) is 41.2 Å². The van der Waals surface area contributed by atoms with Crippen molar-refractivity contribution in [2.45, 2.75) is 62.3 Å². The van der Waals surface area contributed by atoms with Gasteiger partial charge >= 0.3 is 0 Å². The van der Waals surface area contributed by atoms with Crippen molar-refractivity contribution in [1.82, 2.24) is 19.5 Å². The van der Waals surface area contributed by atoms with Gasteiger partial charge in [-0.05, 0) is 66.8 Å². The highest BCUT2D eigenvalue weighted by Gasteiger charge is 2.31. The van der Waals surface area contributed by atoms with E-state index >= 15 is 0 Å². The number of aromatic nitrogens is 4. The first kappa shape index (κ1) is 28.6. The molecule has 0 spiro atoms. The Balaban J connectivity index is 1.88. The number of pyridine rings is 2. The molecule has 3 aromatic heterocycles. The third kappa shape index (κ3) is 5.35. The first-order valence-electron chi connectivity index (χ1n) is 12.8. The van der Waals surface area contributed by atoms with Gasteiger partial charge in [0.05, 0.1) is 10.9 Å². The van der Waals surface area contributed by atoms with Crippen molar-refractivity contribution < 1.29 is 17.9 Å². The summed E-state index contributed by atoms with van der Waals surface area (Å²) in [4.78, 5) is 24.7. The molecule has 1 atom stereocenters. The van der Waals surface area contributed by atoms with E-state index in [1.807, 2.05) is 19.9 Å². The predicted octanol–water partition coefficient (Wildman–Crippen LogP) is 4.90. The standard InChI is InChI=1S/C29H28FN5O4S/c1-4-6-7-25-34-28(36)26(29(37)35(25)24(5-2)20-12-14-32-21(16-20)17-31)40(38,39)22-10-8-19(9-11-22)23-13-15-33-27(30)18(23)3/h8-16,24,36H,4-7H2,1-3H3/t24-/m0/s1. The zero-order valence-corrected chi connectivity index (χ0v) is 23.1. The van der Waals surface area contributed by atoms with E-state index in [0.29, 0.717) is 41.5 Å². The molecule has 40 heavy (non-hydrogen) atoms. The van der Waals surface area contributed by atoms with Crippen LogP contribution >= 0.6 is 0 Å². The van der Waals surface area contributed by atoms with Crippen molar-refractivity contribution in [3.05, 3.63) is 93.8 Å². The van der Waals surface area contributed by atoms with E-state index in [0.717, 1.165) is 6.42 Å². The van der Waals surface area contributed by atoms with Gasteiger partial charge in [-0.15, -0.1) is 0 Å². The van der Waals surface area contributed by atoms with E-state index in [-0.39, 0.29) is 16.4 Å². The minimum Gasteiger partial charge on any atom is -0.492 e. The zero-order valence-electron chi connectivity index (χ0n) is 22.3. The Bertz CT molecular complexity index is 1760. The summed E-state index contributed by atoms with van der Waals surface area (Å²) in [5, 5.41) is 20.1. The van der Waals surface area contributed by atoms with Crippen molar-refractivity contribution in [3.63, 3.8) is 0 Å². The largest absolute Gasteiger partial charge is 0.492 e. The van der Waals surface area contributed by atoms with Crippen LogP contribution in [0.25, 0.3) is 11.1 Å². The van der Waals surface area contributed by atoms with E-state index in [1.54, 1.807) is 25.1 Å². The first-order valence-corrected chi connectivity index (χ1v) is 14.3. The maximum atomic E-state index is 14.0. The average molecular weight is 562 g/mol. The molecule has 0 fully saturated rings. The Kier molecular flexibility index (Phi) is 8.40. The van der Waals surface area contributed by atoms with Crippen LogP contribution < -0.4 is 5.56 Å². The molecule has 206 valence electrons. The second kappa shape index (κ2) is 11.8. The Morgan fingerprint density at radius 1 is 1.10 bits per heavy atom. The molecular weight excluding hydrogens is 533 g/mol. The molecule has 11 heteroatoms. The summed E-state index contributed by atoms with van der Waals surface area (Å²) in [7, 11) is -4.51. The molecule has 0 aliphatic carbocycles. The highest BCUT2D eigenvalue weighted by molar-refractivity contribution is 7.91. The lowest BCUT2D eigenvalue weighted by molar-refractivity contribution is 0.406. The maximum Gasteiger partial charge on any atom is 0.277 e. The average Bonchev–Trinajstić information content (AvgIpc) is 2.95. The number of aryl methyl sites for hydroxylation is 1. The van der Waals surface area contributed by atoms with Crippen LogP contribution in [0.15, 0.2) is 69.4 Å². The number of unbranched alkanes of at least 4 members (excludes halogenated alkanes) is 1. The molecule has 0 bridgehead atoms. The van der Waals surface area contributed by atoms with Gasteiger partial charge in [0.1, 0.15) is 17.6 Å². The number of halogens is 1. The van der Waals surface area contributed by atoms with E-state index in [9.17, 15) is 28.0 Å². The van der Waals surface area contributed by atoms with Crippen LogP contribution in [0.5, 0.6) is 5.88 Å². The smallest absolute Gasteiger partial charge is 0.277 e. The summed E-state index contributed by atoms with van der Waals surface area (Å²) in [6.07, 6.45) is 4.94. The molecule has 0 saturated heterocycles. The number of benzene rings is 1. The van der Waals surface area contributed by atoms with Gasteiger partial charge in [-0.2, -0.15) is 14.6 Å². The van der Waals surface area contributed by atoms with Gasteiger partial charge in [0.25, 0.3) is 5.56 Å². The highest BCUT2D eigenvalue weighted by Crippen LogP contribution is 2.31. The lowest BCUT2D eigenvalue weighted by Gasteiger charge is -2.23. The quantitative estimate of drug-likeness (QED) is 0.285. The fraction of sp³-hybridized carbons (Fsp3) is 0.276. The molecule has 3 heterocycles. The summed E-state index contributed by atoms with van der Waals surface area (Å²) in [5.41, 5.74) is 1.26. The molecule has 9 nitrogen and oxygen atoms in total. The number of sulfone groups is 1. The maximum absolute atomic E-state index is 14.0. The van der Waals surface area contributed by atoms with Crippen LogP contribution in [0.2, 0.25) is 0 Å². The second-order valence-corrected chi connectivity index (χ2v) is 11.2. The highest BCUT2D eigenvalue weighted by atomic mass is 32.2. The van der Waals surface area contributed by atoms with Crippen LogP contribution in [-0.4, -0.2) is 33.0 Å². The van der Waals surface area contributed by atoms with Crippen LogP contribution in [-0.2, 0) is 16.3 Å². The summed E-state index contributed by atoms with van der Waals surface area (Å²) in [6, 6.07) is 11.8. The van der Waals surface area contributed by atoms with E-state index in [2.05, 4.69) is 15.0 Å². The van der Waals surface area contributed by atoms with Gasteiger partial charge in [-0.3, -0.25) is 9.36 Å². The molecule has 4 aromatic rings. The van der Waals surface area contributed by atoms with Gasteiger partial charge in [0.2, 0.25) is 21.7 Å². The molecule has 1 N–H and O–H groups in total. The van der Waals surface area contributed by atoms with Crippen LogP contribution in [0.3, 0.4) is 0 Å². The Morgan fingerprint density at radius 3 is 2.45 bits per heavy atom. The monoisotopic (exact) mass is 561 g/mol. The minimum absolute atomic E-state index is 0.156. The normalized spacial score (nSPS) is 12.2. The fourth-order valence-electron chi connectivity index (χ4n) is 4.65. The molecule has 1 aromatic carbocycles. The minimum atomic E-state index is -4.51. The summed E-state index contributed by atoms with van der Waals surface area (Å²) >= 11 is 0. The topological polar surface area (TPSA) is 139 Å². The predicted molar refractivity (Wildman–Crippen MR) is 146 cm³/mol. The van der Waals surface area contributed by atoms with Gasteiger partial charge in [-0.25, -0.2) is 18.4 Å². The van der Waals surface area contributed by atoms with Crippen molar-refractivity contribution in [1.29, 1.82) is 5.26 Å². The van der Waals surface area contributed by atoms with Gasteiger partial charge in [-0.1, -0.05) is 32.4 Å². The number of hydrogen-bond donors (Lipinski definition) is 1. The summed E-state index contributed by atoms with van der Waals surface area (Å²) < 4.78 is 42.7. The lowest BCUT2D eigenvalue weighted by atomic mass is 10.0. The third-order valence-corrected chi connectivity index (χ3v) is 8.54. The lowest BCUT2D eigenvalue weighted by Crippen LogP contribution is -2.33. The van der Waals surface area contributed by atoms with Crippen molar-refractivity contribution >= 4 is 9.84 Å². The molecule has 0 unspecified atom stereocenters. The van der Waals surface area contributed by atoms with Gasteiger partial charge in [0, 0.05) is 24.4 Å². The van der Waals surface area contributed by atoms with Gasteiger partial charge < -0.3 is 5.11 Å². The van der Waals surface area contributed by atoms with Gasteiger partial charge in [0.15, 0.2) is 4.90 Å².